The maximum absolute atomic E-state index is 4.01. The van der Waals surface area contributed by atoms with Gasteiger partial charge in [0.15, 0.2) is 0 Å². The summed E-state index contributed by atoms with van der Waals surface area (Å²) < 4.78 is 0. The molecule has 0 aromatic heterocycles. The Labute approximate surface area is 131 Å². The first-order valence-corrected chi connectivity index (χ1v) is 9.83. The molecular formula is C19H36N2. The first-order valence-electron chi connectivity index (χ1n) is 9.83. The molecule has 0 aromatic rings. The van der Waals surface area contributed by atoms with Crippen molar-refractivity contribution >= 4 is 0 Å². The van der Waals surface area contributed by atoms with Crippen molar-refractivity contribution in [2.45, 2.75) is 89.6 Å². The summed E-state index contributed by atoms with van der Waals surface area (Å²) >= 11 is 0. The SMILES string of the molecule is CCC1CCC(CNC2CCCCC2C2CCCN2)CC1. The Bertz CT molecular complexity index is 290. The number of hydrogen-bond donors (Lipinski definition) is 2. The largest absolute Gasteiger partial charge is 0.314 e. The van der Waals surface area contributed by atoms with Crippen molar-refractivity contribution in [1.82, 2.24) is 10.6 Å². The molecule has 3 rings (SSSR count). The van der Waals surface area contributed by atoms with E-state index in [1.54, 1.807) is 0 Å². The fraction of sp³-hybridized carbons (Fsp3) is 1.00. The van der Waals surface area contributed by atoms with E-state index in [2.05, 4.69) is 17.6 Å². The van der Waals surface area contributed by atoms with E-state index in [4.69, 9.17) is 0 Å². The summed E-state index contributed by atoms with van der Waals surface area (Å²) in [6.45, 7) is 4.92. The summed E-state index contributed by atoms with van der Waals surface area (Å²) in [7, 11) is 0. The van der Waals surface area contributed by atoms with Crippen molar-refractivity contribution in [1.29, 1.82) is 0 Å². The average molecular weight is 293 g/mol. The predicted molar refractivity (Wildman–Crippen MR) is 90.5 cm³/mol. The molecule has 0 aromatic carbocycles. The van der Waals surface area contributed by atoms with Crippen molar-refractivity contribution in [2.24, 2.45) is 17.8 Å². The van der Waals surface area contributed by atoms with Crippen LogP contribution in [0.5, 0.6) is 0 Å². The smallest absolute Gasteiger partial charge is 0.0111 e. The molecule has 2 aliphatic carbocycles. The molecule has 1 saturated heterocycles. The van der Waals surface area contributed by atoms with Crippen molar-refractivity contribution in [3.05, 3.63) is 0 Å². The van der Waals surface area contributed by atoms with E-state index in [0.29, 0.717) is 0 Å². The second-order valence-corrected chi connectivity index (χ2v) is 7.96. The average Bonchev–Trinajstić information content (AvgIpc) is 3.08. The van der Waals surface area contributed by atoms with Crippen LogP contribution in [-0.4, -0.2) is 25.2 Å². The Morgan fingerprint density at radius 1 is 0.857 bits per heavy atom. The summed E-state index contributed by atoms with van der Waals surface area (Å²) in [4.78, 5) is 0. The fourth-order valence-corrected chi connectivity index (χ4v) is 5.13. The molecule has 3 unspecified atom stereocenters. The van der Waals surface area contributed by atoms with Crippen LogP contribution in [0.3, 0.4) is 0 Å². The number of rotatable bonds is 5. The van der Waals surface area contributed by atoms with E-state index < -0.39 is 0 Å². The third-order valence-electron chi connectivity index (χ3n) is 6.65. The van der Waals surface area contributed by atoms with E-state index in [1.165, 1.54) is 83.7 Å². The van der Waals surface area contributed by atoms with Crippen molar-refractivity contribution in [3.63, 3.8) is 0 Å². The Morgan fingerprint density at radius 2 is 1.62 bits per heavy atom. The third-order valence-corrected chi connectivity index (χ3v) is 6.65. The maximum Gasteiger partial charge on any atom is 0.0111 e. The zero-order valence-corrected chi connectivity index (χ0v) is 14.1. The molecular weight excluding hydrogens is 256 g/mol. The van der Waals surface area contributed by atoms with Crippen LogP contribution in [0.25, 0.3) is 0 Å². The molecule has 21 heavy (non-hydrogen) atoms. The quantitative estimate of drug-likeness (QED) is 0.797. The van der Waals surface area contributed by atoms with Crippen LogP contribution < -0.4 is 10.6 Å². The second-order valence-electron chi connectivity index (χ2n) is 7.96. The van der Waals surface area contributed by atoms with Crippen LogP contribution in [0.4, 0.5) is 0 Å². The van der Waals surface area contributed by atoms with Crippen molar-refractivity contribution < 1.29 is 0 Å². The highest BCUT2D eigenvalue weighted by Gasteiger charge is 2.33. The van der Waals surface area contributed by atoms with Crippen LogP contribution in [0, 0.1) is 17.8 Å². The Balaban J connectivity index is 1.44. The highest BCUT2D eigenvalue weighted by atomic mass is 15.0. The zero-order valence-electron chi connectivity index (χ0n) is 14.1. The topological polar surface area (TPSA) is 24.1 Å². The van der Waals surface area contributed by atoms with E-state index in [-0.39, 0.29) is 0 Å². The summed E-state index contributed by atoms with van der Waals surface area (Å²) in [6, 6.07) is 1.62. The lowest BCUT2D eigenvalue weighted by molar-refractivity contribution is 0.193. The lowest BCUT2D eigenvalue weighted by atomic mass is 9.78. The highest BCUT2D eigenvalue weighted by Crippen LogP contribution is 2.33. The van der Waals surface area contributed by atoms with Gasteiger partial charge < -0.3 is 10.6 Å². The Hall–Kier alpha value is -0.0800. The van der Waals surface area contributed by atoms with Gasteiger partial charge in [0.25, 0.3) is 0 Å². The van der Waals surface area contributed by atoms with Gasteiger partial charge in [-0.25, -0.2) is 0 Å². The number of nitrogens with one attached hydrogen (secondary N) is 2. The lowest BCUT2D eigenvalue weighted by Crippen LogP contribution is -2.48. The molecule has 2 heteroatoms. The van der Waals surface area contributed by atoms with Crippen LogP contribution in [0.2, 0.25) is 0 Å². The minimum absolute atomic E-state index is 0.804. The molecule has 3 aliphatic rings. The summed E-state index contributed by atoms with van der Waals surface area (Å²) in [6.07, 6.45) is 15.9. The van der Waals surface area contributed by atoms with Crippen LogP contribution in [0.15, 0.2) is 0 Å². The molecule has 2 saturated carbocycles. The lowest BCUT2D eigenvalue weighted by Gasteiger charge is -2.38. The standard InChI is InChI=1S/C19H36N2/c1-2-15-9-11-16(12-10-15)14-21-19-7-4-3-6-17(19)18-8-5-13-20-18/h15-21H,2-14H2,1H3. The van der Waals surface area contributed by atoms with Gasteiger partial charge >= 0.3 is 0 Å². The first-order chi connectivity index (χ1) is 10.4. The maximum atomic E-state index is 4.01. The number of hydrogen-bond acceptors (Lipinski definition) is 2. The van der Waals surface area contributed by atoms with E-state index >= 15 is 0 Å². The van der Waals surface area contributed by atoms with Gasteiger partial charge in [-0.05, 0) is 69.4 Å². The van der Waals surface area contributed by atoms with E-state index in [0.717, 1.165) is 29.8 Å². The molecule has 122 valence electrons. The minimum Gasteiger partial charge on any atom is -0.314 e. The van der Waals surface area contributed by atoms with Crippen LogP contribution in [0.1, 0.15) is 77.6 Å². The van der Waals surface area contributed by atoms with Crippen LogP contribution in [-0.2, 0) is 0 Å². The Kier molecular flexibility index (Phi) is 5.99. The summed E-state index contributed by atoms with van der Waals surface area (Å²) in [5.74, 6) is 2.91. The normalized spacial score (nSPS) is 41.3. The Morgan fingerprint density at radius 3 is 2.33 bits per heavy atom. The molecule has 1 heterocycles. The highest BCUT2D eigenvalue weighted by molar-refractivity contribution is 4.92. The molecule has 0 spiro atoms. The van der Waals surface area contributed by atoms with Gasteiger partial charge in [-0.3, -0.25) is 0 Å². The monoisotopic (exact) mass is 292 g/mol. The van der Waals surface area contributed by atoms with Crippen molar-refractivity contribution in [3.8, 4) is 0 Å². The molecule has 0 bridgehead atoms. The second kappa shape index (κ2) is 7.97. The zero-order chi connectivity index (χ0) is 14.5. The van der Waals surface area contributed by atoms with Gasteiger partial charge in [-0.1, -0.05) is 39.0 Å². The molecule has 0 amide bonds. The van der Waals surface area contributed by atoms with Crippen molar-refractivity contribution in [2.75, 3.05) is 13.1 Å². The van der Waals surface area contributed by atoms with Gasteiger partial charge in [0.05, 0.1) is 0 Å². The van der Waals surface area contributed by atoms with Gasteiger partial charge in [-0.15, -0.1) is 0 Å². The van der Waals surface area contributed by atoms with Gasteiger partial charge in [0.2, 0.25) is 0 Å². The third kappa shape index (κ3) is 4.22. The molecule has 1 aliphatic heterocycles. The van der Waals surface area contributed by atoms with Gasteiger partial charge in [0, 0.05) is 12.1 Å². The molecule has 3 atom stereocenters. The van der Waals surface area contributed by atoms with E-state index in [9.17, 15) is 0 Å². The molecule has 2 nitrogen and oxygen atoms in total. The predicted octanol–water partition coefficient (Wildman–Crippen LogP) is 4.10. The molecule has 2 N–H and O–H groups in total. The minimum atomic E-state index is 0.804. The van der Waals surface area contributed by atoms with Gasteiger partial charge in [-0.2, -0.15) is 0 Å². The summed E-state index contributed by atoms with van der Waals surface area (Å²) in [5.41, 5.74) is 0. The summed E-state index contributed by atoms with van der Waals surface area (Å²) in [5, 5.41) is 7.78. The molecule has 3 fully saturated rings. The fourth-order valence-electron chi connectivity index (χ4n) is 5.13. The van der Waals surface area contributed by atoms with E-state index in [1.807, 2.05) is 0 Å². The van der Waals surface area contributed by atoms with Crippen LogP contribution >= 0.6 is 0 Å². The molecule has 0 radical (unpaired) electrons. The van der Waals surface area contributed by atoms with Gasteiger partial charge in [0.1, 0.15) is 0 Å². The first kappa shape index (κ1) is 15.8.